The van der Waals surface area contributed by atoms with Crippen LogP contribution in [0, 0.1) is 0 Å². The van der Waals surface area contributed by atoms with E-state index in [9.17, 15) is 19.2 Å². The first-order valence-corrected chi connectivity index (χ1v) is 9.91. The number of benzene rings is 1. The Morgan fingerprint density at radius 1 is 1.13 bits per heavy atom. The Hall–Kier alpha value is -3.69. The van der Waals surface area contributed by atoms with E-state index in [0.29, 0.717) is 23.7 Å². The van der Waals surface area contributed by atoms with Crippen LogP contribution in [0.2, 0.25) is 0 Å². The van der Waals surface area contributed by atoms with Crippen molar-refractivity contribution >= 4 is 23.9 Å². The standard InChI is InChI=1S/C21H22N4O6/c1-21(2,3)30-20(29)22-14-9-6-10-24-16(14)11-15(23-24)19(28)31-25-17(26)12-7-4-5-8-13(12)18(25)27/h4-5,7-8,11,14H,6,9-10H2,1-3H3,(H,22,29). The molecule has 3 amide bonds. The fraction of sp³-hybridized carbons (Fsp3) is 0.381. The molecule has 2 aliphatic heterocycles. The number of aryl methyl sites for hydroxylation is 1. The second-order valence-corrected chi connectivity index (χ2v) is 8.35. The summed E-state index contributed by atoms with van der Waals surface area (Å²) in [5.41, 5.74) is 0.258. The molecular weight excluding hydrogens is 404 g/mol. The first-order chi connectivity index (χ1) is 14.6. The normalized spacial score (nSPS) is 17.8. The number of imide groups is 1. The molecule has 162 valence electrons. The summed E-state index contributed by atoms with van der Waals surface area (Å²) < 4.78 is 6.90. The van der Waals surface area contributed by atoms with Gasteiger partial charge in [0.25, 0.3) is 11.8 Å². The number of nitrogens with one attached hydrogen (secondary N) is 1. The van der Waals surface area contributed by atoms with E-state index < -0.39 is 35.5 Å². The molecule has 1 aromatic heterocycles. The van der Waals surface area contributed by atoms with E-state index in [1.165, 1.54) is 18.2 Å². The van der Waals surface area contributed by atoms with Crippen LogP contribution in [-0.4, -0.2) is 44.3 Å². The van der Waals surface area contributed by atoms with Crippen LogP contribution in [-0.2, 0) is 16.1 Å². The highest BCUT2D eigenvalue weighted by atomic mass is 16.7. The van der Waals surface area contributed by atoms with Crippen LogP contribution in [0.3, 0.4) is 0 Å². The molecule has 31 heavy (non-hydrogen) atoms. The highest BCUT2D eigenvalue weighted by molar-refractivity contribution is 6.21. The molecular formula is C21H22N4O6. The first kappa shape index (κ1) is 20.6. The van der Waals surface area contributed by atoms with Gasteiger partial charge in [0.2, 0.25) is 0 Å². The van der Waals surface area contributed by atoms with Crippen molar-refractivity contribution in [2.75, 3.05) is 0 Å². The lowest BCUT2D eigenvalue weighted by Gasteiger charge is -2.26. The molecule has 1 aromatic carbocycles. The van der Waals surface area contributed by atoms with Crippen molar-refractivity contribution in [2.24, 2.45) is 0 Å². The van der Waals surface area contributed by atoms with Crippen LogP contribution in [0.25, 0.3) is 0 Å². The molecule has 2 aliphatic rings. The summed E-state index contributed by atoms with van der Waals surface area (Å²) in [6.07, 6.45) is 0.821. The van der Waals surface area contributed by atoms with Gasteiger partial charge in [-0.25, -0.2) is 9.59 Å². The van der Waals surface area contributed by atoms with E-state index in [1.807, 2.05) is 0 Å². The zero-order valence-electron chi connectivity index (χ0n) is 17.4. The van der Waals surface area contributed by atoms with E-state index in [2.05, 4.69) is 10.4 Å². The number of carbonyl (C=O) groups is 4. The van der Waals surface area contributed by atoms with Crippen LogP contribution in [0.5, 0.6) is 0 Å². The third-order valence-corrected chi connectivity index (χ3v) is 4.86. The number of alkyl carbamates (subject to hydrolysis) is 1. The molecule has 0 fully saturated rings. The van der Waals surface area contributed by atoms with E-state index in [-0.39, 0.29) is 16.8 Å². The van der Waals surface area contributed by atoms with Gasteiger partial charge in [-0.15, -0.1) is 0 Å². The average Bonchev–Trinajstić information content (AvgIpc) is 3.23. The molecule has 0 aliphatic carbocycles. The van der Waals surface area contributed by atoms with Crippen molar-refractivity contribution in [1.82, 2.24) is 20.2 Å². The number of carbonyl (C=O) groups excluding carboxylic acids is 4. The highest BCUT2D eigenvalue weighted by Gasteiger charge is 2.39. The number of aromatic nitrogens is 2. The molecule has 1 unspecified atom stereocenters. The molecule has 0 radical (unpaired) electrons. The largest absolute Gasteiger partial charge is 0.444 e. The predicted octanol–water partition coefficient (Wildman–Crippen LogP) is 2.61. The van der Waals surface area contributed by atoms with Gasteiger partial charge in [0.15, 0.2) is 5.69 Å². The van der Waals surface area contributed by atoms with Crippen LogP contribution in [0.4, 0.5) is 4.79 Å². The number of hydrogen-bond donors (Lipinski definition) is 1. The minimum absolute atomic E-state index is 0.0653. The SMILES string of the molecule is CC(C)(C)OC(=O)NC1CCCn2nc(C(=O)ON3C(=O)c4ccccc4C3=O)cc21. The number of ether oxygens (including phenoxy) is 1. The smallest absolute Gasteiger partial charge is 0.408 e. The van der Waals surface area contributed by atoms with Crippen LogP contribution in [0.1, 0.15) is 76.6 Å². The fourth-order valence-electron chi connectivity index (χ4n) is 3.56. The first-order valence-electron chi connectivity index (χ1n) is 9.91. The molecule has 0 saturated heterocycles. The van der Waals surface area contributed by atoms with Crippen LogP contribution in [0.15, 0.2) is 30.3 Å². The summed E-state index contributed by atoms with van der Waals surface area (Å²) in [4.78, 5) is 54.6. The third kappa shape index (κ3) is 4.00. The molecule has 1 N–H and O–H groups in total. The maximum Gasteiger partial charge on any atom is 0.408 e. The van der Waals surface area contributed by atoms with Crippen molar-refractivity contribution in [3.8, 4) is 0 Å². The maximum absolute atomic E-state index is 12.6. The summed E-state index contributed by atoms with van der Waals surface area (Å²) in [6.45, 7) is 5.86. The highest BCUT2D eigenvalue weighted by Crippen LogP contribution is 2.27. The molecule has 4 rings (SSSR count). The summed E-state index contributed by atoms with van der Waals surface area (Å²) in [5.74, 6) is -2.35. The zero-order valence-corrected chi connectivity index (χ0v) is 17.4. The Morgan fingerprint density at radius 2 is 1.77 bits per heavy atom. The van der Waals surface area contributed by atoms with E-state index in [1.54, 1.807) is 37.6 Å². The van der Waals surface area contributed by atoms with Crippen molar-refractivity contribution in [3.05, 3.63) is 52.8 Å². The van der Waals surface area contributed by atoms with E-state index >= 15 is 0 Å². The van der Waals surface area contributed by atoms with E-state index in [4.69, 9.17) is 9.57 Å². The number of rotatable bonds is 3. The van der Waals surface area contributed by atoms with Gasteiger partial charge in [-0.3, -0.25) is 14.3 Å². The Balaban J connectivity index is 1.49. The zero-order chi connectivity index (χ0) is 22.3. The quantitative estimate of drug-likeness (QED) is 0.749. The third-order valence-electron chi connectivity index (χ3n) is 4.86. The number of hydroxylamine groups is 2. The lowest BCUT2D eigenvalue weighted by Crippen LogP contribution is -2.37. The van der Waals surface area contributed by atoms with Crippen molar-refractivity contribution in [2.45, 2.75) is 51.8 Å². The van der Waals surface area contributed by atoms with Gasteiger partial charge in [-0.1, -0.05) is 17.2 Å². The van der Waals surface area contributed by atoms with Gasteiger partial charge in [0, 0.05) is 6.54 Å². The molecule has 0 bridgehead atoms. The van der Waals surface area contributed by atoms with Gasteiger partial charge in [-0.05, 0) is 51.8 Å². The molecule has 10 heteroatoms. The minimum atomic E-state index is -0.938. The molecule has 0 spiro atoms. The maximum atomic E-state index is 12.6. The summed E-state index contributed by atoms with van der Waals surface area (Å²) in [7, 11) is 0. The topological polar surface area (TPSA) is 120 Å². The lowest BCUT2D eigenvalue weighted by molar-refractivity contribution is -0.0589. The molecule has 10 nitrogen and oxygen atoms in total. The number of nitrogens with zero attached hydrogens (tertiary/aromatic N) is 3. The number of hydrogen-bond acceptors (Lipinski definition) is 7. The number of amides is 3. The lowest BCUT2D eigenvalue weighted by atomic mass is 10.0. The fourth-order valence-corrected chi connectivity index (χ4v) is 3.56. The second-order valence-electron chi connectivity index (χ2n) is 8.35. The van der Waals surface area contributed by atoms with Gasteiger partial charge in [-0.2, -0.15) is 5.10 Å². The molecule has 2 aromatic rings. The second kappa shape index (κ2) is 7.53. The Morgan fingerprint density at radius 3 is 2.39 bits per heavy atom. The summed E-state index contributed by atoms with van der Waals surface area (Å²) >= 11 is 0. The van der Waals surface area contributed by atoms with Crippen LogP contribution < -0.4 is 5.32 Å². The monoisotopic (exact) mass is 426 g/mol. The van der Waals surface area contributed by atoms with Gasteiger partial charge in [0.1, 0.15) is 5.60 Å². The van der Waals surface area contributed by atoms with Gasteiger partial charge < -0.3 is 14.9 Å². The molecule has 0 saturated carbocycles. The Labute approximate surface area is 178 Å². The van der Waals surface area contributed by atoms with Crippen molar-refractivity contribution in [1.29, 1.82) is 0 Å². The van der Waals surface area contributed by atoms with Crippen molar-refractivity contribution < 1.29 is 28.8 Å². The Bertz CT molecular complexity index is 1050. The summed E-state index contributed by atoms with van der Waals surface area (Å²) in [5, 5.41) is 7.46. The van der Waals surface area contributed by atoms with Gasteiger partial charge >= 0.3 is 12.1 Å². The van der Waals surface area contributed by atoms with E-state index in [0.717, 1.165) is 6.42 Å². The average molecular weight is 426 g/mol. The number of fused-ring (bicyclic) bond motifs is 2. The molecule has 1 atom stereocenters. The van der Waals surface area contributed by atoms with Crippen molar-refractivity contribution in [3.63, 3.8) is 0 Å². The Kier molecular flexibility index (Phi) is 5.00. The van der Waals surface area contributed by atoms with Gasteiger partial charge in [0.05, 0.1) is 22.9 Å². The molecule has 3 heterocycles. The minimum Gasteiger partial charge on any atom is -0.444 e. The summed E-state index contributed by atoms with van der Waals surface area (Å²) in [6, 6.07) is 7.32. The predicted molar refractivity (Wildman–Crippen MR) is 106 cm³/mol. The van der Waals surface area contributed by atoms with Crippen LogP contribution >= 0.6 is 0 Å².